The van der Waals surface area contributed by atoms with Gasteiger partial charge in [0.05, 0.1) is 16.1 Å². The van der Waals surface area contributed by atoms with Crippen molar-refractivity contribution < 1.29 is 23.1 Å². The molecule has 0 aliphatic carbocycles. The molecule has 126 valence electrons. The summed E-state index contributed by atoms with van der Waals surface area (Å²) in [5.74, 6) is -2.26. The first-order chi connectivity index (χ1) is 10.6. The van der Waals surface area contributed by atoms with Crippen LogP contribution in [0.15, 0.2) is 16.6 Å². The van der Waals surface area contributed by atoms with Gasteiger partial charge in [0.15, 0.2) is 0 Å². The molecule has 1 heterocycles. The number of ether oxygens (including phenoxy) is 1. The van der Waals surface area contributed by atoms with Gasteiger partial charge in [-0.25, -0.2) is 13.6 Å². The molecule has 1 fully saturated rings. The number of halogens is 3. The maximum atomic E-state index is 13.7. The van der Waals surface area contributed by atoms with Crippen LogP contribution in [0.5, 0.6) is 0 Å². The third-order valence-electron chi connectivity index (χ3n) is 3.12. The number of nitrogens with one attached hydrogen (secondary N) is 1. The van der Waals surface area contributed by atoms with Crippen LogP contribution in [0, 0.1) is 11.6 Å². The van der Waals surface area contributed by atoms with Crippen molar-refractivity contribution in [3.05, 3.63) is 33.8 Å². The molecule has 1 aromatic carbocycles. The number of amides is 2. The molecule has 1 aliphatic rings. The van der Waals surface area contributed by atoms with Crippen LogP contribution in [0.4, 0.5) is 13.6 Å². The fraction of sp³-hybridized carbons (Fsp3) is 0.467. The largest absolute Gasteiger partial charge is 0.444 e. The lowest BCUT2D eigenvalue weighted by Gasteiger charge is -2.39. The van der Waals surface area contributed by atoms with Gasteiger partial charge in [-0.2, -0.15) is 0 Å². The summed E-state index contributed by atoms with van der Waals surface area (Å²) < 4.78 is 32.3. The standard InChI is InChI=1S/C15H17BrF2N2O3/c1-15(2,3)23-14(22)20-6-8(7-20)19-13(21)9-4-12(18)10(16)5-11(9)17/h4-5,8H,6-7H2,1-3H3,(H,19,21). The summed E-state index contributed by atoms with van der Waals surface area (Å²) in [6, 6.07) is 1.41. The van der Waals surface area contributed by atoms with E-state index in [9.17, 15) is 18.4 Å². The van der Waals surface area contributed by atoms with Gasteiger partial charge in [-0.1, -0.05) is 0 Å². The summed E-state index contributed by atoms with van der Waals surface area (Å²) in [5.41, 5.74) is -0.967. The lowest BCUT2D eigenvalue weighted by atomic mass is 10.1. The van der Waals surface area contributed by atoms with Crippen LogP contribution < -0.4 is 5.32 Å². The Hall–Kier alpha value is -1.70. The molecule has 0 bridgehead atoms. The van der Waals surface area contributed by atoms with E-state index in [1.165, 1.54) is 4.90 Å². The van der Waals surface area contributed by atoms with Gasteiger partial charge in [0.2, 0.25) is 0 Å². The van der Waals surface area contributed by atoms with Crippen molar-refractivity contribution in [2.75, 3.05) is 13.1 Å². The highest BCUT2D eigenvalue weighted by Crippen LogP contribution is 2.21. The number of nitrogens with zero attached hydrogens (tertiary/aromatic N) is 1. The zero-order valence-electron chi connectivity index (χ0n) is 13.0. The Kier molecular flexibility index (Phi) is 4.93. The Morgan fingerprint density at radius 2 is 1.87 bits per heavy atom. The fourth-order valence-electron chi connectivity index (χ4n) is 2.01. The topological polar surface area (TPSA) is 58.6 Å². The summed E-state index contributed by atoms with van der Waals surface area (Å²) in [5, 5.41) is 2.56. The van der Waals surface area contributed by atoms with Crippen molar-refractivity contribution in [3.63, 3.8) is 0 Å². The molecular weight excluding hydrogens is 374 g/mol. The number of carbonyl (C=O) groups is 2. The first-order valence-electron chi connectivity index (χ1n) is 7.00. The summed E-state index contributed by atoms with van der Waals surface area (Å²) in [6.45, 7) is 5.81. The molecule has 2 rings (SSSR count). The van der Waals surface area contributed by atoms with E-state index in [4.69, 9.17) is 4.74 Å². The van der Waals surface area contributed by atoms with E-state index in [2.05, 4.69) is 21.2 Å². The fourth-order valence-corrected chi connectivity index (χ4v) is 2.32. The molecule has 0 unspecified atom stereocenters. The third kappa shape index (κ3) is 4.40. The van der Waals surface area contributed by atoms with Gasteiger partial charge in [0.25, 0.3) is 5.91 Å². The summed E-state index contributed by atoms with van der Waals surface area (Å²) in [7, 11) is 0. The van der Waals surface area contributed by atoms with Gasteiger partial charge in [0.1, 0.15) is 17.2 Å². The highest BCUT2D eigenvalue weighted by Gasteiger charge is 2.35. The van der Waals surface area contributed by atoms with E-state index in [0.29, 0.717) is 0 Å². The van der Waals surface area contributed by atoms with E-state index in [1.807, 2.05) is 0 Å². The van der Waals surface area contributed by atoms with E-state index in [1.54, 1.807) is 20.8 Å². The molecule has 23 heavy (non-hydrogen) atoms. The van der Waals surface area contributed by atoms with Crippen LogP contribution in [0.25, 0.3) is 0 Å². The Morgan fingerprint density at radius 3 is 2.43 bits per heavy atom. The smallest absolute Gasteiger partial charge is 0.410 e. The number of rotatable bonds is 2. The minimum atomic E-state index is -0.820. The molecule has 1 aliphatic heterocycles. The van der Waals surface area contributed by atoms with Gasteiger partial charge in [-0.15, -0.1) is 0 Å². The predicted octanol–water partition coefficient (Wildman–Crippen LogP) is 3.08. The first-order valence-corrected chi connectivity index (χ1v) is 7.79. The van der Waals surface area contributed by atoms with Crippen LogP contribution in [-0.4, -0.2) is 41.6 Å². The quantitative estimate of drug-likeness (QED) is 0.789. The lowest BCUT2D eigenvalue weighted by molar-refractivity contribution is 0.00530. The highest BCUT2D eigenvalue weighted by molar-refractivity contribution is 9.10. The van der Waals surface area contributed by atoms with Crippen molar-refractivity contribution in [1.82, 2.24) is 10.2 Å². The molecule has 1 aromatic rings. The van der Waals surface area contributed by atoms with E-state index in [-0.39, 0.29) is 29.2 Å². The van der Waals surface area contributed by atoms with Crippen LogP contribution in [0.2, 0.25) is 0 Å². The molecule has 1 saturated heterocycles. The van der Waals surface area contributed by atoms with Crippen LogP contribution >= 0.6 is 15.9 Å². The van der Waals surface area contributed by atoms with Gasteiger partial charge >= 0.3 is 6.09 Å². The van der Waals surface area contributed by atoms with E-state index < -0.39 is 29.2 Å². The molecule has 0 spiro atoms. The summed E-state index contributed by atoms with van der Waals surface area (Å²) in [4.78, 5) is 25.1. The minimum absolute atomic E-state index is 0.0497. The van der Waals surface area contributed by atoms with Crippen molar-refractivity contribution in [2.45, 2.75) is 32.4 Å². The van der Waals surface area contributed by atoms with Crippen molar-refractivity contribution in [1.29, 1.82) is 0 Å². The Balaban J connectivity index is 1.90. The lowest BCUT2D eigenvalue weighted by Crippen LogP contribution is -2.61. The molecule has 5 nitrogen and oxygen atoms in total. The SMILES string of the molecule is CC(C)(C)OC(=O)N1CC(NC(=O)c2cc(F)c(Br)cc2F)C1. The predicted molar refractivity (Wildman–Crippen MR) is 83.1 cm³/mol. The summed E-state index contributed by atoms with van der Waals surface area (Å²) >= 11 is 2.85. The van der Waals surface area contributed by atoms with Gasteiger partial charge in [0, 0.05) is 13.1 Å². The Bertz CT molecular complexity index is 640. The molecule has 0 aromatic heterocycles. The summed E-state index contributed by atoms with van der Waals surface area (Å²) in [6.07, 6.45) is -0.469. The molecule has 0 radical (unpaired) electrons. The van der Waals surface area contributed by atoms with Gasteiger partial charge in [-0.05, 0) is 48.8 Å². The number of hydrogen-bond acceptors (Lipinski definition) is 3. The van der Waals surface area contributed by atoms with Crippen LogP contribution in [0.3, 0.4) is 0 Å². The van der Waals surface area contributed by atoms with Crippen LogP contribution in [0.1, 0.15) is 31.1 Å². The average Bonchev–Trinajstić information content (AvgIpc) is 2.35. The number of benzene rings is 1. The zero-order chi connectivity index (χ0) is 17.4. The van der Waals surface area contributed by atoms with Crippen molar-refractivity contribution in [2.24, 2.45) is 0 Å². The monoisotopic (exact) mass is 390 g/mol. The van der Waals surface area contributed by atoms with E-state index >= 15 is 0 Å². The van der Waals surface area contributed by atoms with Crippen LogP contribution in [-0.2, 0) is 4.74 Å². The second kappa shape index (κ2) is 6.43. The van der Waals surface area contributed by atoms with E-state index in [0.717, 1.165) is 12.1 Å². The average molecular weight is 391 g/mol. The maximum Gasteiger partial charge on any atom is 0.410 e. The Morgan fingerprint density at radius 1 is 1.26 bits per heavy atom. The molecule has 8 heteroatoms. The van der Waals surface area contributed by atoms with Gasteiger partial charge < -0.3 is 15.0 Å². The maximum absolute atomic E-state index is 13.7. The normalized spacial score (nSPS) is 15.1. The number of carbonyl (C=O) groups excluding carboxylic acids is 2. The van der Waals surface area contributed by atoms with Gasteiger partial charge in [-0.3, -0.25) is 4.79 Å². The zero-order valence-corrected chi connectivity index (χ0v) is 14.5. The first kappa shape index (κ1) is 17.7. The highest BCUT2D eigenvalue weighted by atomic mass is 79.9. The minimum Gasteiger partial charge on any atom is -0.444 e. The van der Waals surface area contributed by atoms with Crippen molar-refractivity contribution in [3.8, 4) is 0 Å². The third-order valence-corrected chi connectivity index (χ3v) is 3.73. The molecule has 0 atom stereocenters. The second-order valence-corrected chi connectivity index (χ2v) is 7.16. The molecule has 2 amide bonds. The second-order valence-electron chi connectivity index (χ2n) is 6.30. The Labute approximate surface area is 141 Å². The molecular formula is C15H17BrF2N2O3. The molecule has 0 saturated carbocycles. The van der Waals surface area contributed by atoms with Crippen molar-refractivity contribution >= 4 is 27.9 Å². The number of likely N-dealkylation sites (tertiary alicyclic amines) is 1. The number of hydrogen-bond donors (Lipinski definition) is 1. The molecule has 1 N–H and O–H groups in total.